The third-order valence-electron chi connectivity index (χ3n) is 4.94. The SMILES string of the molecule is Cn1cnc2c(F)c(Nc3ccc(I)cc3F)c(C(O)NC(=O)OCc3ccccc3)cc21. The van der Waals surface area contributed by atoms with Crippen molar-refractivity contribution in [3.05, 3.63) is 87.3 Å². The van der Waals surface area contributed by atoms with Crippen molar-refractivity contribution in [1.29, 1.82) is 0 Å². The first kappa shape index (κ1) is 22.9. The number of nitrogens with one attached hydrogen (secondary N) is 2. The van der Waals surface area contributed by atoms with Crippen molar-refractivity contribution in [2.24, 2.45) is 7.05 Å². The molecule has 170 valence electrons. The van der Waals surface area contributed by atoms with Crippen LogP contribution in [0, 0.1) is 15.2 Å². The van der Waals surface area contributed by atoms with E-state index >= 15 is 4.39 Å². The molecule has 0 spiro atoms. The first-order chi connectivity index (χ1) is 15.8. The van der Waals surface area contributed by atoms with Gasteiger partial charge in [-0.15, -0.1) is 0 Å². The minimum Gasteiger partial charge on any atom is -0.445 e. The summed E-state index contributed by atoms with van der Waals surface area (Å²) in [5, 5.41) is 15.7. The van der Waals surface area contributed by atoms with E-state index in [4.69, 9.17) is 4.74 Å². The molecule has 0 saturated heterocycles. The number of fused-ring (bicyclic) bond motifs is 1. The standard InChI is InChI=1S/C23H19F2IN4O3/c1-30-12-27-21-18(30)10-15(20(19(21)25)28-17-8-7-14(26)9-16(17)24)22(31)29-23(32)33-11-13-5-3-2-4-6-13/h2-10,12,22,28,31H,11H2,1H3,(H,29,32). The smallest absolute Gasteiger partial charge is 0.409 e. The van der Waals surface area contributed by atoms with Crippen LogP contribution >= 0.6 is 22.6 Å². The van der Waals surface area contributed by atoms with Crippen molar-refractivity contribution in [2.75, 3.05) is 5.32 Å². The van der Waals surface area contributed by atoms with Crippen molar-refractivity contribution in [3.63, 3.8) is 0 Å². The maximum Gasteiger partial charge on any atom is 0.409 e. The van der Waals surface area contributed by atoms with Gasteiger partial charge in [-0.1, -0.05) is 30.3 Å². The second kappa shape index (κ2) is 9.71. The topological polar surface area (TPSA) is 88.4 Å². The van der Waals surface area contributed by atoms with Crippen LogP contribution in [0.1, 0.15) is 17.4 Å². The molecule has 4 aromatic rings. The highest BCUT2D eigenvalue weighted by atomic mass is 127. The fraction of sp³-hybridized carbons (Fsp3) is 0.130. The Bertz CT molecular complexity index is 1310. The Hall–Kier alpha value is -3.25. The molecule has 0 aliphatic heterocycles. The summed E-state index contributed by atoms with van der Waals surface area (Å²) in [6.07, 6.45) is -1.12. The molecular formula is C23H19F2IN4O3. The lowest BCUT2D eigenvalue weighted by molar-refractivity contribution is 0.0951. The first-order valence-electron chi connectivity index (χ1n) is 9.84. The van der Waals surface area contributed by atoms with E-state index in [-0.39, 0.29) is 29.1 Å². The van der Waals surface area contributed by atoms with Gasteiger partial charge in [0.05, 0.1) is 23.2 Å². The lowest BCUT2D eigenvalue weighted by atomic mass is 10.1. The highest BCUT2D eigenvalue weighted by Gasteiger charge is 2.24. The molecule has 1 heterocycles. The van der Waals surface area contributed by atoms with E-state index in [1.54, 1.807) is 41.9 Å². The molecule has 0 aliphatic carbocycles. The van der Waals surface area contributed by atoms with Gasteiger partial charge in [0.15, 0.2) is 12.0 Å². The van der Waals surface area contributed by atoms with Gasteiger partial charge < -0.3 is 19.7 Å². The minimum absolute atomic E-state index is 0.00435. The molecule has 1 aromatic heterocycles. The largest absolute Gasteiger partial charge is 0.445 e. The van der Waals surface area contributed by atoms with Crippen LogP contribution in [0.2, 0.25) is 0 Å². The second-order valence-corrected chi connectivity index (χ2v) is 8.48. The quantitative estimate of drug-likeness (QED) is 0.224. The van der Waals surface area contributed by atoms with Crippen molar-refractivity contribution in [3.8, 4) is 0 Å². The predicted octanol–water partition coefficient (Wildman–Crippen LogP) is 5.12. The second-order valence-electron chi connectivity index (χ2n) is 7.24. The lowest BCUT2D eigenvalue weighted by Crippen LogP contribution is -2.29. The molecule has 0 saturated carbocycles. The third-order valence-corrected chi connectivity index (χ3v) is 5.61. The van der Waals surface area contributed by atoms with Crippen molar-refractivity contribution in [1.82, 2.24) is 14.9 Å². The number of nitrogens with zero attached hydrogens (tertiary/aromatic N) is 2. The highest BCUT2D eigenvalue weighted by molar-refractivity contribution is 14.1. The molecule has 10 heteroatoms. The van der Waals surface area contributed by atoms with Crippen molar-refractivity contribution in [2.45, 2.75) is 12.8 Å². The molecule has 33 heavy (non-hydrogen) atoms. The summed E-state index contributed by atoms with van der Waals surface area (Å²) >= 11 is 1.96. The number of imidazole rings is 1. The number of halogens is 3. The Kier molecular flexibility index (Phi) is 6.75. The molecule has 1 amide bonds. The van der Waals surface area contributed by atoms with E-state index in [1.165, 1.54) is 24.5 Å². The zero-order chi connectivity index (χ0) is 23.5. The van der Waals surface area contributed by atoms with E-state index < -0.39 is 24.0 Å². The van der Waals surface area contributed by atoms with Gasteiger partial charge in [-0.2, -0.15) is 0 Å². The first-order valence-corrected chi connectivity index (χ1v) is 10.9. The number of aliphatic hydroxyl groups excluding tert-OH is 1. The number of aliphatic hydroxyl groups is 1. The normalized spacial score (nSPS) is 11.9. The number of alkyl carbamates (subject to hydrolysis) is 1. The summed E-state index contributed by atoms with van der Waals surface area (Å²) in [5.74, 6) is -1.39. The number of hydrogen-bond acceptors (Lipinski definition) is 5. The molecule has 0 aliphatic rings. The number of aryl methyl sites for hydroxylation is 1. The monoisotopic (exact) mass is 564 g/mol. The molecule has 3 aromatic carbocycles. The Morgan fingerprint density at radius 1 is 1.21 bits per heavy atom. The van der Waals surface area contributed by atoms with Gasteiger partial charge in [0, 0.05) is 16.2 Å². The van der Waals surface area contributed by atoms with E-state index in [1.807, 2.05) is 28.7 Å². The van der Waals surface area contributed by atoms with E-state index in [2.05, 4.69) is 15.6 Å². The van der Waals surface area contributed by atoms with Gasteiger partial charge in [-0.25, -0.2) is 18.6 Å². The van der Waals surface area contributed by atoms with Gasteiger partial charge in [0.1, 0.15) is 17.9 Å². The molecule has 1 atom stereocenters. The molecule has 0 fully saturated rings. The van der Waals surface area contributed by atoms with Crippen LogP contribution in [-0.4, -0.2) is 20.8 Å². The Morgan fingerprint density at radius 2 is 1.97 bits per heavy atom. The van der Waals surface area contributed by atoms with E-state index in [0.29, 0.717) is 9.09 Å². The van der Waals surface area contributed by atoms with Crippen LogP contribution in [0.5, 0.6) is 0 Å². The summed E-state index contributed by atoms with van der Waals surface area (Å²) in [6.45, 7) is -0.00646. The molecule has 7 nitrogen and oxygen atoms in total. The van der Waals surface area contributed by atoms with Crippen molar-refractivity contribution >= 4 is 51.1 Å². The Labute approximate surface area is 201 Å². The van der Waals surface area contributed by atoms with Crippen molar-refractivity contribution < 1.29 is 23.4 Å². The van der Waals surface area contributed by atoms with E-state index in [0.717, 1.165) is 5.56 Å². The number of benzene rings is 3. The number of carbonyl (C=O) groups is 1. The fourth-order valence-electron chi connectivity index (χ4n) is 3.27. The summed E-state index contributed by atoms with van der Waals surface area (Å²) in [4.78, 5) is 16.3. The van der Waals surface area contributed by atoms with Gasteiger partial charge in [0.2, 0.25) is 0 Å². The molecule has 0 bridgehead atoms. The highest BCUT2D eigenvalue weighted by Crippen LogP contribution is 2.34. The number of ether oxygens (including phenoxy) is 1. The number of amides is 1. The summed E-state index contributed by atoms with van der Waals surface area (Å²) in [6, 6.07) is 14.9. The van der Waals surface area contributed by atoms with Crippen LogP contribution in [0.15, 0.2) is 60.9 Å². The van der Waals surface area contributed by atoms with Crippen LogP contribution in [0.4, 0.5) is 25.0 Å². The molecule has 4 rings (SSSR count). The zero-order valence-corrected chi connectivity index (χ0v) is 19.5. The molecule has 3 N–H and O–H groups in total. The maximum absolute atomic E-state index is 15.4. The zero-order valence-electron chi connectivity index (χ0n) is 17.3. The van der Waals surface area contributed by atoms with Crippen LogP contribution in [0.3, 0.4) is 0 Å². The lowest BCUT2D eigenvalue weighted by Gasteiger charge is -2.19. The van der Waals surface area contributed by atoms with Gasteiger partial charge in [-0.3, -0.25) is 5.32 Å². The van der Waals surface area contributed by atoms with Gasteiger partial charge in [0.25, 0.3) is 0 Å². The van der Waals surface area contributed by atoms with Crippen LogP contribution < -0.4 is 10.6 Å². The maximum atomic E-state index is 15.4. The predicted molar refractivity (Wildman–Crippen MR) is 128 cm³/mol. The van der Waals surface area contributed by atoms with Crippen LogP contribution in [-0.2, 0) is 18.4 Å². The summed E-state index contributed by atoms with van der Waals surface area (Å²) < 4.78 is 37.2. The average molecular weight is 564 g/mol. The molecular weight excluding hydrogens is 545 g/mol. The summed E-state index contributed by atoms with van der Waals surface area (Å²) in [7, 11) is 1.67. The van der Waals surface area contributed by atoms with Gasteiger partial charge in [-0.05, 0) is 52.4 Å². The Morgan fingerprint density at radius 3 is 2.70 bits per heavy atom. The number of aromatic nitrogens is 2. The minimum atomic E-state index is -1.64. The number of rotatable bonds is 6. The number of carbonyl (C=O) groups excluding carboxylic acids is 1. The fourth-order valence-corrected chi connectivity index (χ4v) is 3.72. The van der Waals surface area contributed by atoms with E-state index in [9.17, 15) is 14.3 Å². The van der Waals surface area contributed by atoms with Crippen LogP contribution in [0.25, 0.3) is 11.0 Å². The number of anilines is 2. The van der Waals surface area contributed by atoms with Gasteiger partial charge >= 0.3 is 6.09 Å². The molecule has 0 radical (unpaired) electrons. The third kappa shape index (κ3) is 5.06. The summed E-state index contributed by atoms with van der Waals surface area (Å²) in [5.41, 5.74) is 0.962. The average Bonchev–Trinajstić information content (AvgIpc) is 3.17. The molecule has 1 unspecified atom stereocenters. The Balaban J connectivity index is 1.63. The number of hydrogen-bond donors (Lipinski definition) is 3.